The first kappa shape index (κ1) is 24.3. The number of sulfonamides is 1. The largest absolute Gasteiger partial charge is 0.486 e. The summed E-state index contributed by atoms with van der Waals surface area (Å²) in [5.74, 6) is 1.11. The number of para-hydroxylation sites is 2. The fourth-order valence-corrected chi connectivity index (χ4v) is 6.03. The zero-order valence-corrected chi connectivity index (χ0v) is 20.9. The maximum atomic E-state index is 13.6. The van der Waals surface area contributed by atoms with E-state index in [1.165, 1.54) is 10.4 Å². The highest BCUT2D eigenvalue weighted by atomic mass is 32.2. The molecule has 2 heterocycles. The maximum absolute atomic E-state index is 13.6. The minimum absolute atomic E-state index is 0.141. The Hall–Kier alpha value is -2.78. The van der Waals surface area contributed by atoms with Gasteiger partial charge in [0, 0.05) is 38.9 Å². The van der Waals surface area contributed by atoms with E-state index in [4.69, 9.17) is 9.47 Å². The van der Waals surface area contributed by atoms with Crippen molar-refractivity contribution in [2.45, 2.75) is 37.7 Å². The number of amides is 1. The van der Waals surface area contributed by atoms with Crippen molar-refractivity contribution in [1.82, 2.24) is 9.21 Å². The number of ether oxygens (including phenoxy) is 2. The monoisotopic (exact) mass is 487 g/mol. The van der Waals surface area contributed by atoms with E-state index < -0.39 is 10.0 Å². The molecular weight excluding hydrogens is 454 g/mol. The van der Waals surface area contributed by atoms with Gasteiger partial charge < -0.3 is 19.3 Å². The molecule has 2 aromatic carbocycles. The molecule has 9 heteroatoms. The zero-order valence-electron chi connectivity index (χ0n) is 20.1. The number of carbonyl (C=O) groups excluding carboxylic acids is 1. The van der Waals surface area contributed by atoms with Gasteiger partial charge in [0.15, 0.2) is 17.6 Å². The predicted molar refractivity (Wildman–Crippen MR) is 131 cm³/mol. The number of benzene rings is 2. The Morgan fingerprint density at radius 3 is 2.41 bits per heavy atom. The smallest absolute Gasteiger partial charge is 0.255 e. The van der Waals surface area contributed by atoms with E-state index in [0.717, 1.165) is 31.6 Å². The van der Waals surface area contributed by atoms with Gasteiger partial charge in [-0.2, -0.15) is 4.31 Å². The van der Waals surface area contributed by atoms with E-state index in [9.17, 15) is 13.2 Å². The average molecular weight is 488 g/mol. The molecule has 2 aliphatic rings. The molecule has 4 rings (SSSR count). The van der Waals surface area contributed by atoms with E-state index in [-0.39, 0.29) is 16.9 Å². The van der Waals surface area contributed by atoms with Gasteiger partial charge >= 0.3 is 0 Å². The molecule has 0 spiro atoms. The van der Waals surface area contributed by atoms with Crippen LogP contribution in [0.25, 0.3) is 0 Å². The molecule has 0 radical (unpaired) electrons. The average Bonchev–Trinajstić information content (AvgIpc) is 3.38. The summed E-state index contributed by atoms with van der Waals surface area (Å²) < 4.78 is 39.5. The lowest BCUT2D eigenvalue weighted by molar-refractivity contribution is 0.0521. The Morgan fingerprint density at radius 2 is 1.74 bits per heavy atom. The number of fused-ring (bicyclic) bond motifs is 1. The van der Waals surface area contributed by atoms with Gasteiger partial charge in [0.05, 0.1) is 17.0 Å². The molecule has 0 aliphatic carbocycles. The van der Waals surface area contributed by atoms with Crippen LogP contribution in [0.15, 0.2) is 47.4 Å². The molecule has 0 N–H and O–H groups in total. The third kappa shape index (κ3) is 4.86. The van der Waals surface area contributed by atoms with E-state index in [2.05, 4.69) is 4.90 Å². The lowest BCUT2D eigenvalue weighted by Gasteiger charge is -2.30. The van der Waals surface area contributed by atoms with E-state index in [0.29, 0.717) is 43.3 Å². The van der Waals surface area contributed by atoms with Crippen LogP contribution in [-0.4, -0.2) is 76.0 Å². The third-order valence-electron chi connectivity index (χ3n) is 6.38. The topological polar surface area (TPSA) is 79.4 Å². The molecular formula is C25H33N3O5S. The fraction of sp³-hybridized carbons (Fsp3) is 0.480. The first-order valence-corrected chi connectivity index (χ1v) is 13.3. The number of rotatable bonds is 8. The van der Waals surface area contributed by atoms with Crippen LogP contribution in [0.4, 0.5) is 5.69 Å². The number of carbonyl (C=O) groups is 1. The van der Waals surface area contributed by atoms with Crippen LogP contribution < -0.4 is 14.4 Å². The molecule has 0 aromatic heterocycles. The second-order valence-corrected chi connectivity index (χ2v) is 10.6. The van der Waals surface area contributed by atoms with Crippen molar-refractivity contribution in [3.63, 3.8) is 0 Å². The molecule has 2 aromatic rings. The first-order chi connectivity index (χ1) is 16.3. The molecule has 1 atom stereocenters. The van der Waals surface area contributed by atoms with E-state index in [1.54, 1.807) is 24.1 Å². The Balaban J connectivity index is 1.60. The molecule has 2 aliphatic heterocycles. The van der Waals surface area contributed by atoms with Crippen LogP contribution in [-0.2, 0) is 10.0 Å². The van der Waals surface area contributed by atoms with Crippen LogP contribution in [0.1, 0.15) is 37.0 Å². The fourth-order valence-electron chi connectivity index (χ4n) is 4.54. The highest BCUT2D eigenvalue weighted by Gasteiger charge is 2.29. The number of anilines is 1. The SMILES string of the molecule is CCN(CC)S(=O)(=O)c1ccc(N2CCCC2)c(C(=O)N(C)CC2COc3ccccc3O2)c1. The number of likely N-dealkylation sites (N-methyl/N-ethyl adjacent to an activating group) is 1. The summed E-state index contributed by atoms with van der Waals surface area (Å²) in [6.45, 7) is 6.72. The normalized spacial score (nSPS) is 17.8. The van der Waals surface area contributed by atoms with Gasteiger partial charge in [-0.05, 0) is 43.2 Å². The first-order valence-electron chi connectivity index (χ1n) is 11.9. The lowest BCUT2D eigenvalue weighted by Crippen LogP contribution is -2.42. The van der Waals surface area contributed by atoms with E-state index in [1.807, 2.05) is 38.1 Å². The Morgan fingerprint density at radius 1 is 1.06 bits per heavy atom. The van der Waals surface area contributed by atoms with Crippen molar-refractivity contribution < 1.29 is 22.7 Å². The van der Waals surface area contributed by atoms with Crippen LogP contribution in [0.3, 0.4) is 0 Å². The Labute approximate surface area is 202 Å². The summed E-state index contributed by atoms with van der Waals surface area (Å²) in [6, 6.07) is 12.4. The van der Waals surface area contributed by atoms with Gasteiger partial charge in [-0.15, -0.1) is 0 Å². The van der Waals surface area contributed by atoms with Crippen LogP contribution in [0, 0.1) is 0 Å². The second-order valence-electron chi connectivity index (χ2n) is 8.65. The maximum Gasteiger partial charge on any atom is 0.255 e. The van der Waals surface area contributed by atoms with E-state index >= 15 is 0 Å². The summed E-state index contributed by atoms with van der Waals surface area (Å²) in [5.41, 5.74) is 1.17. The van der Waals surface area contributed by atoms with Crippen LogP contribution in [0.5, 0.6) is 11.5 Å². The summed E-state index contributed by atoms with van der Waals surface area (Å²) in [7, 11) is -1.97. The van der Waals surface area contributed by atoms with Crippen molar-refractivity contribution >= 4 is 21.6 Å². The van der Waals surface area contributed by atoms with Gasteiger partial charge in [0.1, 0.15) is 6.61 Å². The zero-order chi connectivity index (χ0) is 24.3. The second kappa shape index (κ2) is 10.2. The molecule has 184 valence electrons. The summed E-state index contributed by atoms with van der Waals surface area (Å²) in [4.78, 5) is 17.5. The standard InChI is InChI=1S/C25H33N3O5S/c1-4-28(5-2)34(30,31)20-12-13-22(27-14-8-9-15-27)21(16-20)25(29)26(3)17-19-18-32-23-10-6-7-11-24(23)33-19/h6-7,10-13,16,19H,4-5,8-9,14-15,17-18H2,1-3H3. The van der Waals surface area contributed by atoms with Crippen molar-refractivity contribution in [3.05, 3.63) is 48.0 Å². The van der Waals surface area contributed by atoms with Gasteiger partial charge in [-0.25, -0.2) is 8.42 Å². The number of hydrogen-bond donors (Lipinski definition) is 0. The Kier molecular flexibility index (Phi) is 7.33. The number of nitrogens with zero attached hydrogens (tertiary/aromatic N) is 3. The number of hydrogen-bond acceptors (Lipinski definition) is 6. The van der Waals surface area contributed by atoms with Crippen LogP contribution >= 0.6 is 0 Å². The summed E-state index contributed by atoms with van der Waals surface area (Å²) >= 11 is 0. The minimum Gasteiger partial charge on any atom is -0.486 e. The molecule has 1 amide bonds. The van der Waals surface area contributed by atoms with Crippen molar-refractivity contribution in [3.8, 4) is 11.5 Å². The molecule has 1 unspecified atom stereocenters. The highest BCUT2D eigenvalue weighted by molar-refractivity contribution is 7.89. The van der Waals surface area contributed by atoms with Crippen molar-refractivity contribution in [1.29, 1.82) is 0 Å². The summed E-state index contributed by atoms with van der Waals surface area (Å²) in [6.07, 6.45) is 1.78. The Bertz CT molecular complexity index is 1130. The van der Waals surface area contributed by atoms with Gasteiger partial charge in [0.25, 0.3) is 5.91 Å². The van der Waals surface area contributed by atoms with Gasteiger partial charge in [0.2, 0.25) is 10.0 Å². The lowest BCUT2D eigenvalue weighted by atomic mass is 10.1. The molecule has 0 bridgehead atoms. The molecule has 1 saturated heterocycles. The van der Waals surface area contributed by atoms with Crippen molar-refractivity contribution in [2.24, 2.45) is 0 Å². The summed E-state index contributed by atoms with van der Waals surface area (Å²) in [5, 5.41) is 0. The minimum atomic E-state index is -3.68. The predicted octanol–water partition coefficient (Wildman–Crippen LogP) is 3.23. The molecule has 8 nitrogen and oxygen atoms in total. The molecule has 1 fully saturated rings. The molecule has 34 heavy (non-hydrogen) atoms. The van der Waals surface area contributed by atoms with Crippen LogP contribution in [0.2, 0.25) is 0 Å². The highest BCUT2D eigenvalue weighted by Crippen LogP contribution is 2.32. The van der Waals surface area contributed by atoms with Gasteiger partial charge in [-0.3, -0.25) is 4.79 Å². The van der Waals surface area contributed by atoms with Crippen molar-refractivity contribution in [2.75, 3.05) is 51.3 Å². The molecule has 0 saturated carbocycles. The quantitative estimate of drug-likeness (QED) is 0.569. The third-order valence-corrected chi connectivity index (χ3v) is 8.43. The van der Waals surface area contributed by atoms with Gasteiger partial charge in [-0.1, -0.05) is 26.0 Å².